The molecule has 5 nitrogen and oxygen atoms in total. The van der Waals surface area contributed by atoms with Crippen molar-refractivity contribution in [3.63, 3.8) is 0 Å². The molecule has 0 atom stereocenters. The van der Waals surface area contributed by atoms with E-state index in [-0.39, 0.29) is 11.3 Å². The first-order chi connectivity index (χ1) is 14.6. The number of nitrogens with one attached hydrogen (secondary N) is 1. The topological polar surface area (TPSA) is 70.2 Å². The zero-order valence-electron chi connectivity index (χ0n) is 15.7. The number of anilines is 1. The molecule has 5 aromatic rings. The molecule has 2 heterocycles. The van der Waals surface area contributed by atoms with Crippen LogP contribution in [0.2, 0.25) is 0 Å². The molecule has 1 aliphatic heterocycles. The van der Waals surface area contributed by atoms with Crippen LogP contribution in [0.3, 0.4) is 0 Å². The third-order valence-electron chi connectivity index (χ3n) is 5.73. The van der Waals surface area contributed by atoms with Crippen molar-refractivity contribution in [2.45, 2.75) is 0 Å². The average molecular weight is 390 g/mol. The molecule has 0 bridgehead atoms. The van der Waals surface area contributed by atoms with Crippen LogP contribution in [0.5, 0.6) is 0 Å². The number of amides is 2. The van der Waals surface area contributed by atoms with Gasteiger partial charge in [0.25, 0.3) is 11.8 Å². The maximum absolute atomic E-state index is 13.4. The minimum atomic E-state index is -0.595. The fraction of sp³-hybridized carbons (Fsp3) is 0. The molecule has 0 aliphatic carbocycles. The lowest BCUT2D eigenvalue weighted by atomic mass is 10.0. The van der Waals surface area contributed by atoms with Crippen LogP contribution >= 0.6 is 0 Å². The highest BCUT2D eigenvalue weighted by atomic mass is 16.2. The van der Waals surface area contributed by atoms with Gasteiger partial charge in [-0.05, 0) is 28.3 Å². The van der Waals surface area contributed by atoms with Crippen LogP contribution < -0.4 is 10.3 Å². The molecule has 1 aliphatic rings. The molecule has 6 rings (SSSR count). The summed E-state index contributed by atoms with van der Waals surface area (Å²) in [6.45, 7) is 0. The second-order valence-electron chi connectivity index (χ2n) is 7.36. The molecule has 0 unspecified atom stereocenters. The Bertz CT molecular complexity index is 1610. The fourth-order valence-corrected chi connectivity index (χ4v) is 4.36. The summed E-state index contributed by atoms with van der Waals surface area (Å²) in [5, 5.41) is 3.76. The number of hydrogen-bond donors (Lipinski definition) is 1. The van der Waals surface area contributed by atoms with Crippen LogP contribution in [0.1, 0.15) is 20.8 Å². The zero-order chi connectivity index (χ0) is 20.4. The zero-order valence-corrected chi connectivity index (χ0v) is 15.7. The number of rotatable bonds is 1. The number of aromatic nitrogens is 1. The molecule has 5 heteroatoms. The third-order valence-corrected chi connectivity index (χ3v) is 5.73. The van der Waals surface area contributed by atoms with Gasteiger partial charge in [-0.25, -0.2) is 4.90 Å². The van der Waals surface area contributed by atoms with E-state index in [1.54, 1.807) is 18.2 Å². The van der Waals surface area contributed by atoms with Crippen LogP contribution in [0.25, 0.3) is 32.4 Å². The molecular weight excluding hydrogens is 376 g/mol. The van der Waals surface area contributed by atoms with Crippen molar-refractivity contribution in [3.8, 4) is 0 Å². The van der Waals surface area contributed by atoms with Gasteiger partial charge in [0.1, 0.15) is 11.3 Å². The Morgan fingerprint density at radius 3 is 2.10 bits per heavy atom. The molecule has 142 valence electrons. The predicted octanol–water partition coefficient (Wildman–Crippen LogP) is 4.64. The van der Waals surface area contributed by atoms with Crippen LogP contribution in [0.4, 0.5) is 5.69 Å². The van der Waals surface area contributed by atoms with Crippen molar-refractivity contribution in [2.24, 2.45) is 0 Å². The average Bonchev–Trinajstić information content (AvgIpc) is 3.03. The van der Waals surface area contributed by atoms with Gasteiger partial charge in [0, 0.05) is 5.39 Å². The summed E-state index contributed by atoms with van der Waals surface area (Å²) < 4.78 is 0. The van der Waals surface area contributed by atoms with Gasteiger partial charge in [-0.15, -0.1) is 0 Å². The molecule has 4 aromatic carbocycles. The van der Waals surface area contributed by atoms with Crippen molar-refractivity contribution in [1.29, 1.82) is 0 Å². The predicted molar refractivity (Wildman–Crippen MR) is 117 cm³/mol. The van der Waals surface area contributed by atoms with E-state index in [1.807, 2.05) is 60.7 Å². The minimum absolute atomic E-state index is 0.0423. The standard InChI is InChI=1S/C25H14N2O3/c28-23-20-17-10-4-2-7-15(17)12-13-18(20)26-22-21(23)24(29)27(25(22)30)19-11-5-8-14-6-1-3-9-16(14)19/h1-13H,(H,26,28). The Morgan fingerprint density at radius 1 is 0.633 bits per heavy atom. The highest BCUT2D eigenvalue weighted by Crippen LogP contribution is 2.33. The van der Waals surface area contributed by atoms with Gasteiger partial charge in [0.2, 0.25) is 5.43 Å². The van der Waals surface area contributed by atoms with Gasteiger partial charge in [-0.3, -0.25) is 14.4 Å². The van der Waals surface area contributed by atoms with Gasteiger partial charge in [-0.2, -0.15) is 0 Å². The van der Waals surface area contributed by atoms with E-state index in [2.05, 4.69) is 4.98 Å². The summed E-state index contributed by atoms with van der Waals surface area (Å²) in [4.78, 5) is 44.2. The normalized spacial score (nSPS) is 13.5. The first kappa shape index (κ1) is 16.7. The van der Waals surface area contributed by atoms with Crippen molar-refractivity contribution >= 4 is 49.9 Å². The molecule has 0 fully saturated rings. The Kier molecular flexibility index (Phi) is 3.27. The lowest BCUT2D eigenvalue weighted by molar-refractivity contribution is 0.0925. The molecule has 1 N–H and O–H groups in total. The first-order valence-electron chi connectivity index (χ1n) is 9.59. The summed E-state index contributed by atoms with van der Waals surface area (Å²) in [6, 6.07) is 24.2. The SMILES string of the molecule is O=C1c2[nH]c3ccc4ccccc4c3c(=O)c2C(=O)N1c1cccc2ccccc12. The maximum Gasteiger partial charge on any atom is 0.282 e. The lowest BCUT2D eigenvalue weighted by Crippen LogP contribution is -2.30. The first-order valence-corrected chi connectivity index (χ1v) is 9.59. The van der Waals surface area contributed by atoms with Gasteiger partial charge in [-0.1, -0.05) is 66.7 Å². The van der Waals surface area contributed by atoms with Crippen LogP contribution in [-0.2, 0) is 0 Å². The van der Waals surface area contributed by atoms with Gasteiger partial charge in [0.15, 0.2) is 0 Å². The smallest absolute Gasteiger partial charge is 0.282 e. The van der Waals surface area contributed by atoms with E-state index in [0.717, 1.165) is 26.4 Å². The number of nitrogens with zero attached hydrogens (tertiary/aromatic N) is 1. The van der Waals surface area contributed by atoms with E-state index >= 15 is 0 Å². The van der Waals surface area contributed by atoms with Crippen molar-refractivity contribution in [1.82, 2.24) is 4.98 Å². The molecule has 1 aromatic heterocycles. The van der Waals surface area contributed by atoms with Crippen LogP contribution in [0.15, 0.2) is 83.7 Å². The highest BCUT2D eigenvalue weighted by Gasteiger charge is 2.41. The summed E-state index contributed by atoms with van der Waals surface area (Å²) in [7, 11) is 0. The summed E-state index contributed by atoms with van der Waals surface area (Å²) in [5.74, 6) is -1.11. The quantitative estimate of drug-likeness (QED) is 0.335. The van der Waals surface area contributed by atoms with E-state index in [1.165, 1.54) is 0 Å². The number of carbonyl (C=O) groups excluding carboxylic acids is 2. The molecular formula is C25H14N2O3. The second kappa shape index (κ2) is 5.87. The minimum Gasteiger partial charge on any atom is -0.350 e. The number of imide groups is 1. The van der Waals surface area contributed by atoms with Gasteiger partial charge < -0.3 is 4.98 Å². The molecule has 2 amide bonds. The number of H-pyrrole nitrogens is 1. The van der Waals surface area contributed by atoms with Gasteiger partial charge in [0.05, 0.1) is 16.6 Å². The summed E-state index contributed by atoms with van der Waals surface area (Å²) >= 11 is 0. The number of aromatic amines is 1. The molecule has 30 heavy (non-hydrogen) atoms. The van der Waals surface area contributed by atoms with Crippen molar-refractivity contribution in [2.75, 3.05) is 4.90 Å². The summed E-state index contributed by atoms with van der Waals surface area (Å²) in [5.41, 5.74) is 0.536. The van der Waals surface area contributed by atoms with Crippen molar-refractivity contribution in [3.05, 3.63) is 100 Å². The third kappa shape index (κ3) is 2.09. The summed E-state index contributed by atoms with van der Waals surface area (Å²) in [6.07, 6.45) is 0. The van der Waals surface area contributed by atoms with Crippen molar-refractivity contribution < 1.29 is 9.59 Å². The molecule has 0 saturated carbocycles. The van der Waals surface area contributed by atoms with Gasteiger partial charge >= 0.3 is 0 Å². The Morgan fingerprint density at radius 2 is 1.30 bits per heavy atom. The lowest BCUT2D eigenvalue weighted by Gasteiger charge is -2.16. The van der Waals surface area contributed by atoms with E-state index in [0.29, 0.717) is 16.6 Å². The largest absolute Gasteiger partial charge is 0.350 e. The second-order valence-corrected chi connectivity index (χ2v) is 7.36. The molecule has 0 spiro atoms. The van der Waals surface area contributed by atoms with E-state index in [9.17, 15) is 14.4 Å². The Labute approximate surface area is 170 Å². The monoisotopic (exact) mass is 390 g/mol. The van der Waals surface area contributed by atoms with E-state index < -0.39 is 17.2 Å². The number of hydrogen-bond acceptors (Lipinski definition) is 3. The maximum atomic E-state index is 13.4. The molecule has 0 radical (unpaired) electrons. The number of benzene rings is 4. The van der Waals surface area contributed by atoms with Crippen LogP contribution in [0, 0.1) is 0 Å². The number of carbonyl (C=O) groups is 2. The number of fused-ring (bicyclic) bond motifs is 5. The number of pyridine rings is 1. The van der Waals surface area contributed by atoms with E-state index in [4.69, 9.17) is 0 Å². The van der Waals surface area contributed by atoms with Crippen LogP contribution in [-0.4, -0.2) is 16.8 Å². The highest BCUT2D eigenvalue weighted by molar-refractivity contribution is 6.36. The molecule has 0 saturated heterocycles. The Balaban J connectivity index is 1.65. The fourth-order valence-electron chi connectivity index (χ4n) is 4.36. The Hall–Kier alpha value is -4.25.